The molecular formula is C18H27N3O3. The predicted molar refractivity (Wildman–Crippen MR) is 90.5 cm³/mol. The van der Waals surface area contributed by atoms with Gasteiger partial charge in [0.15, 0.2) is 0 Å². The summed E-state index contributed by atoms with van der Waals surface area (Å²) in [7, 11) is 0. The van der Waals surface area contributed by atoms with E-state index in [1.807, 2.05) is 18.0 Å². The van der Waals surface area contributed by atoms with Crippen LogP contribution >= 0.6 is 0 Å². The molecular weight excluding hydrogens is 306 g/mol. The molecule has 0 bridgehead atoms. The van der Waals surface area contributed by atoms with Crippen LogP contribution in [-0.2, 0) is 20.8 Å². The summed E-state index contributed by atoms with van der Waals surface area (Å²) in [5.74, 6) is 0.0681. The molecule has 6 nitrogen and oxygen atoms in total. The van der Waals surface area contributed by atoms with Crippen molar-refractivity contribution in [3.8, 4) is 0 Å². The van der Waals surface area contributed by atoms with Crippen LogP contribution in [0.1, 0.15) is 37.1 Å². The van der Waals surface area contributed by atoms with Gasteiger partial charge in [0.1, 0.15) is 6.61 Å². The first-order chi connectivity index (χ1) is 11.8. The van der Waals surface area contributed by atoms with Crippen LogP contribution in [0.2, 0.25) is 0 Å². The number of carbonyl (C=O) groups is 1. The molecule has 2 saturated heterocycles. The van der Waals surface area contributed by atoms with E-state index in [4.69, 9.17) is 9.47 Å². The number of aromatic nitrogens is 1. The number of hydrogen-bond donors (Lipinski definition) is 0. The van der Waals surface area contributed by atoms with Crippen molar-refractivity contribution in [2.24, 2.45) is 0 Å². The summed E-state index contributed by atoms with van der Waals surface area (Å²) in [6.45, 7) is 7.93. The van der Waals surface area contributed by atoms with Gasteiger partial charge in [-0.2, -0.15) is 0 Å². The smallest absolute Gasteiger partial charge is 0.249 e. The molecule has 3 heterocycles. The number of nitrogens with zero attached hydrogens (tertiary/aromatic N) is 3. The van der Waals surface area contributed by atoms with Gasteiger partial charge in [0, 0.05) is 39.0 Å². The van der Waals surface area contributed by atoms with Gasteiger partial charge in [-0.1, -0.05) is 6.07 Å². The van der Waals surface area contributed by atoms with E-state index in [1.54, 1.807) is 0 Å². The van der Waals surface area contributed by atoms with Crippen molar-refractivity contribution in [2.45, 2.75) is 32.4 Å². The van der Waals surface area contributed by atoms with E-state index in [9.17, 15) is 4.79 Å². The summed E-state index contributed by atoms with van der Waals surface area (Å²) >= 11 is 0. The van der Waals surface area contributed by atoms with Crippen molar-refractivity contribution in [3.05, 3.63) is 29.6 Å². The lowest BCUT2D eigenvalue weighted by molar-refractivity contribution is -0.137. The molecule has 24 heavy (non-hydrogen) atoms. The van der Waals surface area contributed by atoms with Crippen molar-refractivity contribution in [1.29, 1.82) is 0 Å². The fourth-order valence-corrected chi connectivity index (χ4v) is 3.39. The number of carbonyl (C=O) groups excluding carboxylic acids is 1. The largest absolute Gasteiger partial charge is 0.379 e. The van der Waals surface area contributed by atoms with Gasteiger partial charge in [0.05, 0.1) is 24.9 Å². The Morgan fingerprint density at radius 2 is 2.17 bits per heavy atom. The number of likely N-dealkylation sites (tertiary alicyclic amines) is 1. The summed E-state index contributed by atoms with van der Waals surface area (Å²) in [4.78, 5) is 21.2. The monoisotopic (exact) mass is 333 g/mol. The maximum Gasteiger partial charge on any atom is 0.249 e. The molecule has 0 N–H and O–H groups in total. The minimum atomic E-state index is 0.0681. The lowest BCUT2D eigenvalue weighted by Gasteiger charge is -2.27. The third-order valence-corrected chi connectivity index (χ3v) is 4.70. The minimum absolute atomic E-state index is 0.0681. The fraction of sp³-hybridized carbons (Fsp3) is 0.667. The van der Waals surface area contributed by atoms with Gasteiger partial charge < -0.3 is 14.4 Å². The SMILES string of the molecule is CCOCC(=O)N1CCC[C@H]1c1ccc(CN2CCOCC2)cn1. The number of hydrogen-bond acceptors (Lipinski definition) is 5. The van der Waals surface area contributed by atoms with Gasteiger partial charge >= 0.3 is 0 Å². The van der Waals surface area contributed by atoms with Crippen LogP contribution < -0.4 is 0 Å². The Bertz CT molecular complexity index is 529. The Labute approximate surface area is 143 Å². The second kappa shape index (κ2) is 8.55. The zero-order valence-corrected chi connectivity index (χ0v) is 14.4. The average molecular weight is 333 g/mol. The second-order valence-corrected chi connectivity index (χ2v) is 6.36. The molecule has 0 aliphatic carbocycles. The van der Waals surface area contributed by atoms with Crippen molar-refractivity contribution in [2.75, 3.05) is 46.1 Å². The lowest BCUT2D eigenvalue weighted by Crippen LogP contribution is -2.35. The molecule has 0 aromatic carbocycles. The zero-order chi connectivity index (χ0) is 16.8. The van der Waals surface area contributed by atoms with Crippen LogP contribution in [-0.4, -0.2) is 66.8 Å². The first kappa shape index (κ1) is 17.3. The number of morpholine rings is 1. The fourth-order valence-electron chi connectivity index (χ4n) is 3.39. The second-order valence-electron chi connectivity index (χ2n) is 6.36. The van der Waals surface area contributed by atoms with Crippen molar-refractivity contribution >= 4 is 5.91 Å². The van der Waals surface area contributed by atoms with Gasteiger partial charge in [-0.3, -0.25) is 14.7 Å². The molecule has 0 saturated carbocycles. The Morgan fingerprint density at radius 3 is 2.88 bits per heavy atom. The van der Waals surface area contributed by atoms with E-state index >= 15 is 0 Å². The molecule has 2 fully saturated rings. The third kappa shape index (κ3) is 4.32. The zero-order valence-electron chi connectivity index (χ0n) is 14.4. The van der Waals surface area contributed by atoms with Gasteiger partial charge in [-0.25, -0.2) is 0 Å². The molecule has 0 spiro atoms. The molecule has 6 heteroatoms. The third-order valence-electron chi connectivity index (χ3n) is 4.70. The number of rotatable bonds is 6. The molecule has 0 radical (unpaired) electrons. The van der Waals surface area contributed by atoms with E-state index in [0.717, 1.165) is 57.9 Å². The highest BCUT2D eigenvalue weighted by Gasteiger charge is 2.30. The molecule has 1 amide bonds. The highest BCUT2D eigenvalue weighted by atomic mass is 16.5. The van der Waals surface area contributed by atoms with E-state index in [0.29, 0.717) is 6.61 Å². The number of ether oxygens (including phenoxy) is 2. The predicted octanol–water partition coefficient (Wildman–Crippen LogP) is 1.61. The van der Waals surface area contributed by atoms with Crippen LogP contribution in [0.3, 0.4) is 0 Å². The molecule has 2 aliphatic rings. The summed E-state index contributed by atoms with van der Waals surface area (Å²) in [6.07, 6.45) is 3.96. The van der Waals surface area contributed by atoms with E-state index < -0.39 is 0 Å². The van der Waals surface area contributed by atoms with Crippen LogP contribution in [0.5, 0.6) is 0 Å². The van der Waals surface area contributed by atoms with Crippen molar-refractivity contribution in [1.82, 2.24) is 14.8 Å². The van der Waals surface area contributed by atoms with E-state index in [-0.39, 0.29) is 18.6 Å². The molecule has 1 aromatic rings. The van der Waals surface area contributed by atoms with Crippen LogP contribution in [0, 0.1) is 0 Å². The molecule has 132 valence electrons. The maximum absolute atomic E-state index is 12.3. The van der Waals surface area contributed by atoms with Crippen LogP contribution in [0.25, 0.3) is 0 Å². The minimum Gasteiger partial charge on any atom is -0.379 e. The molecule has 0 unspecified atom stereocenters. The van der Waals surface area contributed by atoms with E-state index in [2.05, 4.69) is 22.0 Å². The summed E-state index contributed by atoms with van der Waals surface area (Å²) in [5.41, 5.74) is 2.20. The highest BCUT2D eigenvalue weighted by molar-refractivity contribution is 5.78. The molecule has 2 aliphatic heterocycles. The Morgan fingerprint density at radius 1 is 1.33 bits per heavy atom. The Hall–Kier alpha value is -1.50. The topological polar surface area (TPSA) is 54.9 Å². The highest BCUT2D eigenvalue weighted by Crippen LogP contribution is 2.30. The van der Waals surface area contributed by atoms with Gasteiger partial charge in [-0.05, 0) is 31.4 Å². The molecule has 1 atom stereocenters. The summed E-state index contributed by atoms with van der Waals surface area (Å²) in [6, 6.07) is 4.31. The quantitative estimate of drug-likeness (QED) is 0.792. The van der Waals surface area contributed by atoms with Crippen molar-refractivity contribution < 1.29 is 14.3 Å². The molecule has 1 aromatic heterocycles. The summed E-state index contributed by atoms with van der Waals surface area (Å²) < 4.78 is 10.6. The normalized spacial score (nSPS) is 22.0. The lowest BCUT2D eigenvalue weighted by atomic mass is 10.1. The van der Waals surface area contributed by atoms with Crippen LogP contribution in [0.4, 0.5) is 0 Å². The van der Waals surface area contributed by atoms with Crippen molar-refractivity contribution in [3.63, 3.8) is 0 Å². The number of amides is 1. The summed E-state index contributed by atoms with van der Waals surface area (Å²) in [5, 5.41) is 0. The van der Waals surface area contributed by atoms with Gasteiger partial charge in [0.2, 0.25) is 5.91 Å². The Balaban J connectivity index is 1.60. The standard InChI is InChI=1S/C18H27N3O3/c1-2-23-14-18(22)21-7-3-4-17(21)16-6-5-15(12-19-16)13-20-8-10-24-11-9-20/h5-6,12,17H,2-4,7-11,13-14H2,1H3/t17-/m0/s1. The molecule has 3 rings (SSSR count). The maximum atomic E-state index is 12.3. The van der Waals surface area contributed by atoms with Gasteiger partial charge in [-0.15, -0.1) is 0 Å². The average Bonchev–Trinajstić information content (AvgIpc) is 3.11. The first-order valence-electron chi connectivity index (χ1n) is 8.90. The number of pyridine rings is 1. The van der Waals surface area contributed by atoms with Crippen LogP contribution in [0.15, 0.2) is 18.3 Å². The van der Waals surface area contributed by atoms with Gasteiger partial charge in [0.25, 0.3) is 0 Å². The Kier molecular flexibility index (Phi) is 6.18. The first-order valence-corrected chi connectivity index (χ1v) is 8.90. The van der Waals surface area contributed by atoms with E-state index in [1.165, 1.54) is 5.56 Å².